The molecule has 0 aliphatic carbocycles. The van der Waals surface area contributed by atoms with E-state index in [2.05, 4.69) is 5.32 Å². The van der Waals surface area contributed by atoms with Gasteiger partial charge in [0.25, 0.3) is 0 Å². The van der Waals surface area contributed by atoms with Crippen molar-refractivity contribution in [2.45, 2.75) is 25.7 Å². The Morgan fingerprint density at radius 3 is 2.75 bits per heavy atom. The van der Waals surface area contributed by atoms with Crippen LogP contribution in [0.25, 0.3) is 0 Å². The summed E-state index contributed by atoms with van der Waals surface area (Å²) in [6.07, 6.45) is 3.82. The van der Waals surface area contributed by atoms with Crippen molar-refractivity contribution in [2.24, 2.45) is 11.8 Å². The van der Waals surface area contributed by atoms with Gasteiger partial charge < -0.3 is 14.8 Å². The molecule has 1 unspecified atom stereocenters. The second-order valence-electron chi connectivity index (χ2n) is 4.81. The molecule has 0 spiro atoms. The minimum Gasteiger partial charge on any atom is -0.465 e. The second kappa shape index (κ2) is 6.21. The Labute approximate surface area is 96.7 Å². The maximum absolute atomic E-state index is 11.6. The Bertz CT molecular complexity index is 220. The van der Waals surface area contributed by atoms with Gasteiger partial charge in [-0.25, -0.2) is 0 Å². The van der Waals surface area contributed by atoms with E-state index in [9.17, 15) is 4.79 Å². The van der Waals surface area contributed by atoms with Gasteiger partial charge in [-0.1, -0.05) is 0 Å². The predicted octanol–water partition coefficient (Wildman–Crippen LogP) is 0.956. The van der Waals surface area contributed by atoms with Crippen LogP contribution in [0.5, 0.6) is 0 Å². The minimum atomic E-state index is -0.0289. The fourth-order valence-electron chi connectivity index (χ4n) is 2.31. The lowest BCUT2D eigenvalue weighted by Gasteiger charge is -2.21. The first-order valence-corrected chi connectivity index (χ1v) is 6.28. The summed E-state index contributed by atoms with van der Waals surface area (Å²) >= 11 is 0. The lowest BCUT2D eigenvalue weighted by atomic mass is 9.95. The van der Waals surface area contributed by atoms with Crippen LogP contribution in [0.2, 0.25) is 0 Å². The van der Waals surface area contributed by atoms with E-state index in [0.29, 0.717) is 24.9 Å². The summed E-state index contributed by atoms with van der Waals surface area (Å²) in [5.74, 6) is 0.921. The van der Waals surface area contributed by atoms with Crippen molar-refractivity contribution in [1.82, 2.24) is 5.32 Å². The topological polar surface area (TPSA) is 47.6 Å². The molecule has 0 aromatic carbocycles. The number of ether oxygens (including phenoxy) is 2. The molecule has 2 aliphatic heterocycles. The first-order chi connectivity index (χ1) is 7.84. The summed E-state index contributed by atoms with van der Waals surface area (Å²) in [4.78, 5) is 11.6. The Hall–Kier alpha value is -0.610. The monoisotopic (exact) mass is 227 g/mol. The summed E-state index contributed by atoms with van der Waals surface area (Å²) in [7, 11) is 0. The van der Waals surface area contributed by atoms with E-state index in [0.717, 1.165) is 45.6 Å². The zero-order valence-corrected chi connectivity index (χ0v) is 9.74. The molecule has 0 radical (unpaired) electrons. The van der Waals surface area contributed by atoms with E-state index in [1.165, 1.54) is 0 Å². The summed E-state index contributed by atoms with van der Waals surface area (Å²) in [5, 5.41) is 3.30. The third-order valence-corrected chi connectivity index (χ3v) is 3.42. The Morgan fingerprint density at radius 2 is 2.06 bits per heavy atom. The lowest BCUT2D eigenvalue weighted by molar-refractivity contribution is -0.146. The highest BCUT2D eigenvalue weighted by Crippen LogP contribution is 2.17. The van der Waals surface area contributed by atoms with Gasteiger partial charge in [0, 0.05) is 18.9 Å². The molecule has 2 fully saturated rings. The van der Waals surface area contributed by atoms with Gasteiger partial charge in [0.1, 0.15) is 0 Å². The highest BCUT2D eigenvalue weighted by atomic mass is 16.5. The largest absolute Gasteiger partial charge is 0.465 e. The average molecular weight is 227 g/mol. The molecule has 4 heteroatoms. The van der Waals surface area contributed by atoms with Crippen molar-refractivity contribution in [1.29, 1.82) is 0 Å². The third kappa shape index (κ3) is 3.76. The van der Waals surface area contributed by atoms with E-state index in [1.807, 2.05) is 0 Å². The van der Waals surface area contributed by atoms with Gasteiger partial charge in [0.2, 0.25) is 0 Å². The maximum atomic E-state index is 11.6. The van der Waals surface area contributed by atoms with Crippen molar-refractivity contribution >= 4 is 5.97 Å². The maximum Gasteiger partial charge on any atom is 0.306 e. The molecule has 2 heterocycles. The van der Waals surface area contributed by atoms with Crippen molar-refractivity contribution in [3.63, 3.8) is 0 Å². The number of hydrogen-bond donors (Lipinski definition) is 1. The van der Waals surface area contributed by atoms with Crippen molar-refractivity contribution in [3.05, 3.63) is 0 Å². The van der Waals surface area contributed by atoms with Crippen LogP contribution in [-0.4, -0.2) is 38.9 Å². The molecule has 1 N–H and O–H groups in total. The molecule has 0 amide bonds. The Kier molecular flexibility index (Phi) is 4.60. The number of piperidine rings is 1. The quantitative estimate of drug-likeness (QED) is 0.727. The van der Waals surface area contributed by atoms with Gasteiger partial charge in [0.15, 0.2) is 0 Å². The smallest absolute Gasteiger partial charge is 0.306 e. The minimum absolute atomic E-state index is 0.0289. The van der Waals surface area contributed by atoms with Crippen LogP contribution in [0.3, 0.4) is 0 Å². The predicted molar refractivity (Wildman–Crippen MR) is 60.1 cm³/mol. The molecule has 0 aromatic rings. The van der Waals surface area contributed by atoms with Gasteiger partial charge in [0.05, 0.1) is 13.2 Å². The Balaban J connectivity index is 1.59. The lowest BCUT2D eigenvalue weighted by Crippen LogP contribution is -2.29. The molecule has 2 saturated heterocycles. The van der Waals surface area contributed by atoms with Crippen LogP contribution in [0.4, 0.5) is 0 Å². The van der Waals surface area contributed by atoms with Crippen LogP contribution in [0.1, 0.15) is 25.7 Å². The molecule has 2 aliphatic rings. The summed E-state index contributed by atoms with van der Waals surface area (Å²) in [5.41, 5.74) is 0. The number of carbonyl (C=O) groups excluding carboxylic acids is 1. The molecular weight excluding hydrogens is 206 g/mol. The zero-order valence-electron chi connectivity index (χ0n) is 9.74. The van der Waals surface area contributed by atoms with E-state index in [4.69, 9.17) is 9.47 Å². The first-order valence-electron chi connectivity index (χ1n) is 6.28. The number of rotatable bonds is 4. The van der Waals surface area contributed by atoms with Crippen LogP contribution >= 0.6 is 0 Å². The molecule has 16 heavy (non-hydrogen) atoms. The number of carbonyl (C=O) groups is 1. The molecule has 0 aromatic heterocycles. The van der Waals surface area contributed by atoms with Crippen molar-refractivity contribution < 1.29 is 14.3 Å². The molecular formula is C12H21NO3. The standard InChI is InChI=1S/C12H21NO3/c14-12(7-10-1-4-13-5-2-10)16-9-11-3-6-15-8-11/h10-11,13H,1-9H2. The van der Waals surface area contributed by atoms with Crippen molar-refractivity contribution in [2.75, 3.05) is 32.9 Å². The molecule has 4 nitrogen and oxygen atoms in total. The van der Waals surface area contributed by atoms with E-state index < -0.39 is 0 Å². The van der Waals surface area contributed by atoms with Crippen molar-refractivity contribution in [3.8, 4) is 0 Å². The molecule has 92 valence electrons. The number of nitrogens with one attached hydrogen (secondary N) is 1. The van der Waals surface area contributed by atoms with Gasteiger partial charge >= 0.3 is 5.97 Å². The van der Waals surface area contributed by atoms with Crippen LogP contribution < -0.4 is 5.32 Å². The summed E-state index contributed by atoms with van der Waals surface area (Å²) in [6.45, 7) is 4.18. The SMILES string of the molecule is O=C(CC1CCNCC1)OCC1CCOC1. The number of hydrogen-bond acceptors (Lipinski definition) is 4. The fourth-order valence-corrected chi connectivity index (χ4v) is 2.31. The van der Waals surface area contributed by atoms with Crippen LogP contribution in [-0.2, 0) is 14.3 Å². The normalized spacial score (nSPS) is 26.9. The van der Waals surface area contributed by atoms with E-state index in [1.54, 1.807) is 0 Å². The van der Waals surface area contributed by atoms with E-state index in [-0.39, 0.29) is 5.97 Å². The Morgan fingerprint density at radius 1 is 1.25 bits per heavy atom. The summed E-state index contributed by atoms with van der Waals surface area (Å²) < 4.78 is 10.5. The van der Waals surface area contributed by atoms with Gasteiger partial charge in [-0.2, -0.15) is 0 Å². The van der Waals surface area contributed by atoms with Gasteiger partial charge in [-0.15, -0.1) is 0 Å². The third-order valence-electron chi connectivity index (χ3n) is 3.42. The second-order valence-corrected chi connectivity index (χ2v) is 4.81. The first kappa shape index (κ1) is 11.9. The highest BCUT2D eigenvalue weighted by molar-refractivity contribution is 5.69. The fraction of sp³-hybridized carbons (Fsp3) is 0.917. The molecule has 1 atom stereocenters. The molecule has 2 rings (SSSR count). The summed E-state index contributed by atoms with van der Waals surface area (Å²) in [6, 6.07) is 0. The zero-order chi connectivity index (χ0) is 11.2. The average Bonchev–Trinajstić information content (AvgIpc) is 2.81. The van der Waals surface area contributed by atoms with Crippen LogP contribution in [0, 0.1) is 11.8 Å². The highest BCUT2D eigenvalue weighted by Gasteiger charge is 2.20. The molecule has 0 saturated carbocycles. The molecule has 0 bridgehead atoms. The van der Waals surface area contributed by atoms with Crippen LogP contribution in [0.15, 0.2) is 0 Å². The van der Waals surface area contributed by atoms with E-state index >= 15 is 0 Å². The van der Waals surface area contributed by atoms with Gasteiger partial charge in [-0.05, 0) is 38.3 Å². The van der Waals surface area contributed by atoms with Gasteiger partial charge in [-0.3, -0.25) is 4.79 Å². The number of esters is 1.